The van der Waals surface area contributed by atoms with Gasteiger partial charge in [0.2, 0.25) is 0 Å². The van der Waals surface area contributed by atoms with E-state index >= 15 is 0 Å². The topological polar surface area (TPSA) is 39.7 Å². The van der Waals surface area contributed by atoms with Crippen molar-refractivity contribution in [2.45, 2.75) is 46.0 Å². The van der Waals surface area contributed by atoms with Crippen LogP contribution in [0.25, 0.3) is 0 Å². The van der Waals surface area contributed by atoms with Crippen molar-refractivity contribution < 1.29 is 0 Å². The van der Waals surface area contributed by atoms with Crippen LogP contribution in [0.2, 0.25) is 0 Å². The second-order valence-corrected chi connectivity index (χ2v) is 8.12. The summed E-state index contributed by atoms with van der Waals surface area (Å²) >= 11 is 0. The quantitative estimate of drug-likeness (QED) is 0.377. The van der Waals surface area contributed by atoms with Crippen LogP contribution in [-0.4, -0.2) is 50.6 Å². The highest BCUT2D eigenvalue weighted by Crippen LogP contribution is 2.22. The normalized spacial score (nSPS) is 18.5. The molecule has 0 amide bonds. The molecule has 1 heterocycles. The average Bonchev–Trinajstić information content (AvgIpc) is 3.05. The van der Waals surface area contributed by atoms with Gasteiger partial charge in [0.15, 0.2) is 5.96 Å². The number of nitrogens with zero attached hydrogens (tertiary/aromatic N) is 2. The van der Waals surface area contributed by atoms with Crippen LogP contribution in [0.15, 0.2) is 29.3 Å². The van der Waals surface area contributed by atoms with Gasteiger partial charge >= 0.3 is 0 Å². The SMILES string of the molecule is CCN1CCC(CNC(=NC)NCCc2ccc(C(C)(C)C)cc2)C1.I. The molecule has 1 atom stereocenters. The van der Waals surface area contributed by atoms with Gasteiger partial charge in [0.05, 0.1) is 0 Å². The van der Waals surface area contributed by atoms with Gasteiger partial charge in [0, 0.05) is 26.7 Å². The zero-order valence-corrected chi connectivity index (χ0v) is 19.5. The van der Waals surface area contributed by atoms with E-state index in [0.29, 0.717) is 0 Å². The number of aliphatic imine (C=N–C) groups is 1. The van der Waals surface area contributed by atoms with Crippen molar-refractivity contribution >= 4 is 29.9 Å². The van der Waals surface area contributed by atoms with E-state index < -0.39 is 0 Å². The molecular weight excluding hydrogens is 435 g/mol. The Morgan fingerprint density at radius 1 is 1.19 bits per heavy atom. The lowest BCUT2D eigenvalue weighted by molar-refractivity contribution is 0.342. The lowest BCUT2D eigenvalue weighted by atomic mass is 9.86. The highest BCUT2D eigenvalue weighted by atomic mass is 127. The molecule has 5 heteroatoms. The summed E-state index contributed by atoms with van der Waals surface area (Å²) < 4.78 is 0. The molecule has 2 rings (SSSR count). The van der Waals surface area contributed by atoms with E-state index in [1.165, 1.54) is 30.6 Å². The summed E-state index contributed by atoms with van der Waals surface area (Å²) in [6.45, 7) is 14.5. The Hall–Kier alpha value is -0.820. The molecule has 0 spiro atoms. The van der Waals surface area contributed by atoms with E-state index in [0.717, 1.165) is 37.9 Å². The molecule has 1 fully saturated rings. The van der Waals surface area contributed by atoms with Crippen LogP contribution in [-0.2, 0) is 11.8 Å². The van der Waals surface area contributed by atoms with Gasteiger partial charge in [-0.05, 0) is 48.4 Å². The largest absolute Gasteiger partial charge is 0.356 e. The van der Waals surface area contributed by atoms with Gasteiger partial charge in [0.1, 0.15) is 0 Å². The second-order valence-electron chi connectivity index (χ2n) is 8.12. The number of nitrogens with one attached hydrogen (secondary N) is 2. The van der Waals surface area contributed by atoms with E-state index in [9.17, 15) is 0 Å². The zero-order valence-electron chi connectivity index (χ0n) is 17.1. The minimum absolute atomic E-state index is 0. The van der Waals surface area contributed by atoms with E-state index in [2.05, 4.69) is 72.5 Å². The molecule has 1 aliphatic rings. The maximum absolute atomic E-state index is 4.35. The maximum atomic E-state index is 4.35. The Morgan fingerprint density at radius 3 is 2.42 bits per heavy atom. The number of likely N-dealkylation sites (tertiary alicyclic amines) is 1. The number of hydrogen-bond donors (Lipinski definition) is 2. The molecule has 0 aliphatic carbocycles. The van der Waals surface area contributed by atoms with E-state index in [-0.39, 0.29) is 29.4 Å². The van der Waals surface area contributed by atoms with Crippen molar-refractivity contribution in [3.63, 3.8) is 0 Å². The molecule has 0 aromatic heterocycles. The van der Waals surface area contributed by atoms with Crippen LogP contribution in [0, 0.1) is 5.92 Å². The summed E-state index contributed by atoms with van der Waals surface area (Å²) in [6.07, 6.45) is 2.30. The lowest BCUT2D eigenvalue weighted by Crippen LogP contribution is -2.41. The Morgan fingerprint density at radius 2 is 1.88 bits per heavy atom. The molecule has 2 N–H and O–H groups in total. The molecule has 1 aromatic carbocycles. The van der Waals surface area contributed by atoms with E-state index in [4.69, 9.17) is 0 Å². The van der Waals surface area contributed by atoms with Gasteiger partial charge < -0.3 is 15.5 Å². The first kappa shape index (κ1) is 23.2. The van der Waals surface area contributed by atoms with Gasteiger partial charge in [-0.1, -0.05) is 52.0 Å². The summed E-state index contributed by atoms with van der Waals surface area (Å²) in [6, 6.07) is 9.00. The fourth-order valence-electron chi connectivity index (χ4n) is 3.32. The molecule has 0 radical (unpaired) electrons. The van der Waals surface area contributed by atoms with Crippen molar-refractivity contribution in [1.29, 1.82) is 0 Å². The highest BCUT2D eigenvalue weighted by Gasteiger charge is 2.20. The molecule has 4 nitrogen and oxygen atoms in total. The Balaban J connectivity index is 0.00000338. The summed E-state index contributed by atoms with van der Waals surface area (Å²) in [5, 5.41) is 6.92. The van der Waals surface area contributed by atoms with Crippen molar-refractivity contribution in [2.75, 3.05) is 39.8 Å². The Labute approximate surface area is 177 Å². The van der Waals surface area contributed by atoms with Crippen molar-refractivity contribution in [1.82, 2.24) is 15.5 Å². The number of benzene rings is 1. The molecule has 26 heavy (non-hydrogen) atoms. The third-order valence-electron chi connectivity index (χ3n) is 5.13. The van der Waals surface area contributed by atoms with Gasteiger partial charge in [-0.3, -0.25) is 4.99 Å². The average molecular weight is 472 g/mol. The van der Waals surface area contributed by atoms with Crippen LogP contribution in [0.5, 0.6) is 0 Å². The maximum Gasteiger partial charge on any atom is 0.190 e. The number of guanidine groups is 1. The third-order valence-corrected chi connectivity index (χ3v) is 5.13. The fourth-order valence-corrected chi connectivity index (χ4v) is 3.32. The van der Waals surface area contributed by atoms with E-state index in [1.54, 1.807) is 0 Å². The van der Waals surface area contributed by atoms with Crippen LogP contribution in [0.3, 0.4) is 0 Å². The van der Waals surface area contributed by atoms with Crippen LogP contribution >= 0.6 is 24.0 Å². The van der Waals surface area contributed by atoms with Gasteiger partial charge in [0.25, 0.3) is 0 Å². The summed E-state index contributed by atoms with van der Waals surface area (Å²) in [5.41, 5.74) is 2.97. The Kier molecular flexibility index (Phi) is 9.93. The van der Waals surface area contributed by atoms with Gasteiger partial charge in [-0.2, -0.15) is 0 Å². The van der Waals surface area contributed by atoms with Crippen LogP contribution < -0.4 is 10.6 Å². The monoisotopic (exact) mass is 472 g/mol. The highest BCUT2D eigenvalue weighted by molar-refractivity contribution is 14.0. The summed E-state index contributed by atoms with van der Waals surface area (Å²) in [7, 11) is 1.85. The predicted molar refractivity (Wildman–Crippen MR) is 124 cm³/mol. The molecule has 1 aromatic rings. The van der Waals surface area contributed by atoms with Gasteiger partial charge in [-0.15, -0.1) is 24.0 Å². The predicted octanol–water partition coefficient (Wildman–Crippen LogP) is 3.65. The molecule has 1 aliphatic heterocycles. The third kappa shape index (κ3) is 7.43. The molecular formula is C21H37IN4. The van der Waals surface area contributed by atoms with Crippen LogP contribution in [0.4, 0.5) is 0 Å². The minimum atomic E-state index is 0. The first-order valence-corrected chi connectivity index (χ1v) is 9.68. The van der Waals surface area contributed by atoms with Crippen LogP contribution in [0.1, 0.15) is 45.2 Å². The number of halogens is 1. The van der Waals surface area contributed by atoms with Crippen molar-refractivity contribution in [2.24, 2.45) is 10.9 Å². The molecule has 1 unspecified atom stereocenters. The van der Waals surface area contributed by atoms with E-state index in [1.807, 2.05) is 7.05 Å². The number of rotatable bonds is 6. The summed E-state index contributed by atoms with van der Waals surface area (Å²) in [5.74, 6) is 1.66. The standard InChI is InChI=1S/C21H36N4.HI/c1-6-25-14-12-18(16-25)15-24-20(22-5)23-13-11-17-7-9-19(10-8-17)21(2,3)4;/h7-10,18H,6,11-16H2,1-5H3,(H2,22,23,24);1H. The van der Waals surface area contributed by atoms with Crippen molar-refractivity contribution in [3.8, 4) is 0 Å². The first-order chi connectivity index (χ1) is 11.9. The second kappa shape index (κ2) is 11.1. The molecule has 0 bridgehead atoms. The first-order valence-electron chi connectivity index (χ1n) is 9.68. The molecule has 0 saturated carbocycles. The van der Waals surface area contributed by atoms with Crippen molar-refractivity contribution in [3.05, 3.63) is 35.4 Å². The molecule has 1 saturated heterocycles. The lowest BCUT2D eigenvalue weighted by Gasteiger charge is -2.19. The minimum Gasteiger partial charge on any atom is -0.356 e. The zero-order chi connectivity index (χ0) is 18.3. The fraction of sp³-hybridized carbons (Fsp3) is 0.667. The number of hydrogen-bond acceptors (Lipinski definition) is 2. The van der Waals surface area contributed by atoms with Gasteiger partial charge in [-0.25, -0.2) is 0 Å². The molecule has 148 valence electrons. The Bertz CT molecular complexity index is 548. The summed E-state index contributed by atoms with van der Waals surface area (Å²) in [4.78, 5) is 6.86. The smallest absolute Gasteiger partial charge is 0.190 e.